The third kappa shape index (κ3) is 4.95. The van der Waals surface area contributed by atoms with E-state index in [0.717, 1.165) is 42.6 Å². The lowest BCUT2D eigenvalue weighted by Gasteiger charge is -2.26. The maximum Gasteiger partial charge on any atom is 0.501 e. The third-order valence-electron chi connectivity index (χ3n) is 6.74. The van der Waals surface area contributed by atoms with Crippen molar-refractivity contribution in [2.45, 2.75) is 39.0 Å². The first-order chi connectivity index (χ1) is 17.5. The van der Waals surface area contributed by atoms with Crippen molar-refractivity contribution in [3.63, 3.8) is 0 Å². The van der Waals surface area contributed by atoms with Gasteiger partial charge < -0.3 is 10.1 Å². The van der Waals surface area contributed by atoms with Gasteiger partial charge >= 0.3 is 11.9 Å². The second-order valence-corrected chi connectivity index (χ2v) is 10.2. The number of carbonyl (C=O) groups is 3. The van der Waals surface area contributed by atoms with Crippen LogP contribution in [0.15, 0.2) is 65.1 Å². The number of amides is 4. The number of fused-ring (bicyclic) bond motifs is 2. The molecule has 2 aromatic carbocycles. The summed E-state index contributed by atoms with van der Waals surface area (Å²) in [5.41, 5.74) is 2.83. The smallest absolute Gasteiger partial charge is 0.494 e. The molecule has 8 heteroatoms. The molecule has 1 aliphatic carbocycles. The minimum atomic E-state index is -0.447. The molecule has 0 radical (unpaired) electrons. The minimum absolute atomic E-state index is 0.138. The maximum absolute atomic E-state index is 13.6. The Bertz CT molecular complexity index is 1240. The van der Waals surface area contributed by atoms with E-state index in [1.807, 2.05) is 37.3 Å². The largest absolute Gasteiger partial charge is 0.501 e. The second kappa shape index (κ2) is 10.7. The monoisotopic (exact) mass is 504 g/mol. The molecule has 0 bridgehead atoms. The number of nitrogens with one attached hydrogen (secondary N) is 1. The standard InChI is InChI=1S/C28H29N3O4S/c1-2-35-21-14-12-20(13-15-21)29-24(32)18-31-27-25(22-10-6-7-11-23(22)36-27)26(33)30(28(31)34)17-16-19-8-4-3-5-9-19/h3-5,8-9,12-15,25H,2,6-7,10-11,16-18H2,1H3/p+1. The molecular formula is C28H30N3O4S+. The van der Waals surface area contributed by atoms with E-state index in [9.17, 15) is 14.4 Å². The average Bonchev–Trinajstić information content (AvgIpc) is 3.28. The number of carbonyl (C=O) groups excluding carboxylic acids is 3. The second-order valence-electron chi connectivity index (χ2n) is 9.13. The van der Waals surface area contributed by atoms with Crippen LogP contribution in [0.1, 0.15) is 38.2 Å². The van der Waals surface area contributed by atoms with Crippen LogP contribution >= 0.6 is 11.8 Å². The Labute approximate surface area is 215 Å². The summed E-state index contributed by atoms with van der Waals surface area (Å²) in [5, 5.41) is 3.57. The fourth-order valence-corrected chi connectivity index (χ4v) is 6.46. The lowest BCUT2D eigenvalue weighted by Crippen LogP contribution is -2.55. The fraction of sp³-hybridized carbons (Fsp3) is 0.357. The van der Waals surface area contributed by atoms with E-state index in [-0.39, 0.29) is 24.9 Å². The topological polar surface area (TPSA) is 78.7 Å². The van der Waals surface area contributed by atoms with Crippen molar-refractivity contribution in [2.75, 3.05) is 25.0 Å². The van der Waals surface area contributed by atoms with E-state index >= 15 is 0 Å². The number of nitrogens with zero attached hydrogens (tertiary/aromatic N) is 2. The van der Waals surface area contributed by atoms with Crippen LogP contribution in [-0.4, -0.2) is 52.1 Å². The molecule has 0 aromatic heterocycles. The van der Waals surface area contributed by atoms with Crippen molar-refractivity contribution in [2.24, 2.45) is 5.92 Å². The molecule has 2 aliphatic heterocycles. The molecular weight excluding hydrogens is 474 g/mol. The third-order valence-corrected chi connectivity index (χ3v) is 8.12. The van der Waals surface area contributed by atoms with Gasteiger partial charge in [-0.1, -0.05) is 42.1 Å². The number of urea groups is 1. The van der Waals surface area contributed by atoms with Gasteiger partial charge in [0.15, 0.2) is 17.5 Å². The number of allylic oxidation sites excluding steroid dienone is 1. The summed E-state index contributed by atoms with van der Waals surface area (Å²) in [5.74, 6) is -0.182. The first kappa shape index (κ1) is 24.3. The number of hydrogen-bond donors (Lipinski definition) is 1. The Balaban J connectivity index is 1.38. The van der Waals surface area contributed by atoms with Crippen LogP contribution in [0.25, 0.3) is 0 Å². The van der Waals surface area contributed by atoms with E-state index in [1.165, 1.54) is 26.1 Å². The number of imide groups is 1. The van der Waals surface area contributed by atoms with Crippen molar-refractivity contribution in [3.8, 4) is 5.75 Å². The fourth-order valence-electron chi connectivity index (χ4n) is 5.00. The quantitative estimate of drug-likeness (QED) is 0.521. The minimum Gasteiger partial charge on any atom is -0.494 e. The molecule has 1 N–H and O–H groups in total. The van der Waals surface area contributed by atoms with Gasteiger partial charge in [-0.2, -0.15) is 14.3 Å². The van der Waals surface area contributed by atoms with Crippen molar-refractivity contribution in [1.82, 2.24) is 4.90 Å². The maximum atomic E-state index is 13.6. The van der Waals surface area contributed by atoms with Crippen molar-refractivity contribution < 1.29 is 23.7 Å². The summed E-state index contributed by atoms with van der Waals surface area (Å²) in [6.45, 7) is 2.63. The van der Waals surface area contributed by atoms with Gasteiger partial charge in [0.1, 0.15) is 12.3 Å². The molecule has 0 saturated heterocycles. The van der Waals surface area contributed by atoms with Crippen LogP contribution in [-0.2, 0) is 16.0 Å². The molecule has 0 spiro atoms. The average molecular weight is 505 g/mol. The Hall–Kier alpha value is -3.39. The van der Waals surface area contributed by atoms with E-state index in [1.54, 1.807) is 24.3 Å². The predicted molar refractivity (Wildman–Crippen MR) is 140 cm³/mol. The molecule has 5 rings (SSSR count). The number of anilines is 1. The molecule has 0 fully saturated rings. The van der Waals surface area contributed by atoms with Gasteiger partial charge in [-0.3, -0.25) is 4.79 Å². The molecule has 4 amide bonds. The Morgan fingerprint density at radius 1 is 1.08 bits per heavy atom. The first-order valence-corrected chi connectivity index (χ1v) is 13.3. The van der Waals surface area contributed by atoms with E-state index < -0.39 is 11.9 Å². The number of thioether (sulfide) groups is 1. The highest BCUT2D eigenvalue weighted by Crippen LogP contribution is 2.47. The van der Waals surface area contributed by atoms with Gasteiger partial charge in [-0.25, -0.2) is 4.79 Å². The van der Waals surface area contributed by atoms with Crippen LogP contribution in [0.5, 0.6) is 5.75 Å². The van der Waals surface area contributed by atoms with E-state index in [0.29, 0.717) is 23.8 Å². The lowest BCUT2D eigenvalue weighted by molar-refractivity contribution is -0.425. The lowest BCUT2D eigenvalue weighted by atomic mass is 9.88. The highest BCUT2D eigenvalue weighted by molar-refractivity contribution is 8.17. The summed E-state index contributed by atoms with van der Waals surface area (Å²) in [4.78, 5) is 42.8. The van der Waals surface area contributed by atoms with Crippen LogP contribution < -0.4 is 10.1 Å². The van der Waals surface area contributed by atoms with Crippen LogP contribution in [0.2, 0.25) is 0 Å². The van der Waals surface area contributed by atoms with Gasteiger partial charge in [-0.15, -0.1) is 0 Å². The number of hydrogen-bond acceptors (Lipinski definition) is 5. The summed E-state index contributed by atoms with van der Waals surface area (Å²) < 4.78 is 6.98. The molecule has 1 atom stereocenters. The van der Waals surface area contributed by atoms with Crippen LogP contribution in [0, 0.1) is 5.92 Å². The Kier molecular flexibility index (Phi) is 7.23. The zero-order chi connectivity index (χ0) is 25.1. The van der Waals surface area contributed by atoms with Crippen molar-refractivity contribution >= 4 is 40.3 Å². The van der Waals surface area contributed by atoms with Gasteiger partial charge in [0.2, 0.25) is 0 Å². The summed E-state index contributed by atoms with van der Waals surface area (Å²) in [6, 6.07) is 16.5. The van der Waals surface area contributed by atoms with Crippen LogP contribution in [0.4, 0.5) is 10.5 Å². The summed E-state index contributed by atoms with van der Waals surface area (Å²) >= 11 is 1.52. The van der Waals surface area contributed by atoms with Crippen LogP contribution in [0.3, 0.4) is 0 Å². The van der Waals surface area contributed by atoms with Gasteiger partial charge in [0, 0.05) is 12.1 Å². The molecule has 36 heavy (non-hydrogen) atoms. The Morgan fingerprint density at radius 3 is 2.58 bits per heavy atom. The zero-order valence-corrected chi connectivity index (χ0v) is 21.2. The zero-order valence-electron chi connectivity index (χ0n) is 20.4. The number of rotatable bonds is 8. The Morgan fingerprint density at radius 2 is 1.83 bits per heavy atom. The number of ether oxygens (including phenoxy) is 1. The molecule has 3 aliphatic rings. The van der Waals surface area contributed by atoms with Gasteiger partial charge in [0.25, 0.3) is 5.91 Å². The molecule has 0 saturated carbocycles. The SMILES string of the molecule is CCOc1ccc(NC(=O)C[N+]2=C3SC4=C(CCCC4)C3C(=O)N(CCc3ccccc3)C2=O)cc1. The van der Waals surface area contributed by atoms with E-state index in [2.05, 4.69) is 5.32 Å². The van der Waals surface area contributed by atoms with Crippen molar-refractivity contribution in [1.29, 1.82) is 0 Å². The number of benzene rings is 2. The molecule has 7 nitrogen and oxygen atoms in total. The van der Waals surface area contributed by atoms with Gasteiger partial charge in [-0.05, 0) is 72.9 Å². The normalized spacial score (nSPS) is 19.4. The predicted octanol–water partition coefficient (Wildman–Crippen LogP) is 4.83. The summed E-state index contributed by atoms with van der Waals surface area (Å²) in [7, 11) is 0. The van der Waals surface area contributed by atoms with Crippen molar-refractivity contribution in [3.05, 3.63) is 70.6 Å². The molecule has 186 valence electrons. The van der Waals surface area contributed by atoms with E-state index in [4.69, 9.17) is 4.74 Å². The highest BCUT2D eigenvalue weighted by atomic mass is 32.2. The van der Waals surface area contributed by atoms with Gasteiger partial charge in [0.05, 0.1) is 6.61 Å². The molecule has 2 heterocycles. The molecule has 2 aromatic rings. The first-order valence-electron chi connectivity index (χ1n) is 12.5. The highest BCUT2D eigenvalue weighted by Gasteiger charge is 2.53. The molecule has 1 unspecified atom stereocenters. The summed E-state index contributed by atoms with van der Waals surface area (Å²) in [6.07, 6.45) is 4.51.